The minimum absolute atomic E-state index is 0.0986. The standard InChI is InChI=1S/C19H26F3N5S/c1-4-23-18(25-12-17-26-16(13-28-17)19(20,21)22)24-11-15(27(2)3)10-14-8-6-5-7-9-14/h5-9,13,15H,4,10-12H2,1-3H3,(H2,23,24,25). The molecule has 1 aromatic carbocycles. The first-order valence-electron chi connectivity index (χ1n) is 9.03. The monoisotopic (exact) mass is 413 g/mol. The highest BCUT2D eigenvalue weighted by Gasteiger charge is 2.33. The van der Waals surface area contributed by atoms with E-state index >= 15 is 0 Å². The van der Waals surface area contributed by atoms with Crippen LogP contribution >= 0.6 is 11.3 Å². The van der Waals surface area contributed by atoms with Crippen LogP contribution in [0.15, 0.2) is 40.7 Å². The fourth-order valence-corrected chi connectivity index (χ4v) is 3.26. The number of halogens is 3. The number of likely N-dealkylation sites (N-methyl/N-ethyl adjacent to an activating group) is 1. The summed E-state index contributed by atoms with van der Waals surface area (Å²) in [5.74, 6) is 0.561. The average molecular weight is 414 g/mol. The van der Waals surface area contributed by atoms with Crippen molar-refractivity contribution in [3.63, 3.8) is 0 Å². The first kappa shape index (κ1) is 22.2. The minimum atomic E-state index is -4.42. The molecule has 0 aliphatic rings. The second-order valence-electron chi connectivity index (χ2n) is 6.51. The van der Waals surface area contributed by atoms with Gasteiger partial charge in [-0.05, 0) is 33.0 Å². The molecule has 0 saturated heterocycles. The molecule has 2 N–H and O–H groups in total. The smallest absolute Gasteiger partial charge is 0.357 e. The molecule has 0 aliphatic heterocycles. The maximum Gasteiger partial charge on any atom is 0.434 e. The van der Waals surface area contributed by atoms with Crippen molar-refractivity contribution in [3.05, 3.63) is 52.0 Å². The Morgan fingerprint density at radius 1 is 1.21 bits per heavy atom. The predicted octanol–water partition coefficient (Wildman–Crippen LogP) is 3.39. The Hall–Kier alpha value is -2.13. The van der Waals surface area contributed by atoms with Gasteiger partial charge in [-0.1, -0.05) is 30.3 Å². The Morgan fingerprint density at radius 3 is 2.50 bits per heavy atom. The zero-order valence-electron chi connectivity index (χ0n) is 16.3. The average Bonchev–Trinajstić information content (AvgIpc) is 3.13. The molecule has 1 heterocycles. The quantitative estimate of drug-likeness (QED) is 0.515. The van der Waals surface area contributed by atoms with Crippen molar-refractivity contribution in [1.29, 1.82) is 0 Å². The van der Waals surface area contributed by atoms with Crippen LogP contribution in [-0.4, -0.2) is 49.1 Å². The van der Waals surface area contributed by atoms with Crippen LogP contribution in [0.1, 0.15) is 23.2 Å². The first-order valence-corrected chi connectivity index (χ1v) is 9.91. The van der Waals surface area contributed by atoms with Gasteiger partial charge in [-0.25, -0.2) is 9.98 Å². The fourth-order valence-electron chi connectivity index (χ4n) is 2.54. The normalized spacial score (nSPS) is 13.6. The lowest BCUT2D eigenvalue weighted by Crippen LogP contribution is -2.46. The summed E-state index contributed by atoms with van der Waals surface area (Å²) in [6, 6.07) is 10.5. The van der Waals surface area contributed by atoms with E-state index in [-0.39, 0.29) is 12.6 Å². The van der Waals surface area contributed by atoms with E-state index in [4.69, 9.17) is 0 Å². The lowest BCUT2D eigenvalue weighted by molar-refractivity contribution is -0.140. The SMILES string of the molecule is CCNC(=NCc1nc(C(F)(F)F)cs1)NCC(Cc1ccccc1)N(C)C. The number of benzene rings is 1. The molecule has 0 aliphatic carbocycles. The molecule has 0 amide bonds. The summed E-state index contributed by atoms with van der Waals surface area (Å²) in [7, 11) is 4.04. The van der Waals surface area contributed by atoms with Crippen molar-refractivity contribution in [1.82, 2.24) is 20.5 Å². The van der Waals surface area contributed by atoms with Gasteiger partial charge in [0.25, 0.3) is 0 Å². The molecule has 2 aromatic rings. The van der Waals surface area contributed by atoms with Crippen molar-refractivity contribution < 1.29 is 13.2 Å². The lowest BCUT2D eigenvalue weighted by atomic mass is 10.1. The summed E-state index contributed by atoms with van der Waals surface area (Å²) in [5.41, 5.74) is 0.378. The van der Waals surface area contributed by atoms with E-state index in [1.165, 1.54) is 5.56 Å². The van der Waals surface area contributed by atoms with Crippen LogP contribution in [0, 0.1) is 0 Å². The largest absolute Gasteiger partial charge is 0.434 e. The van der Waals surface area contributed by atoms with Gasteiger partial charge in [-0.15, -0.1) is 11.3 Å². The summed E-state index contributed by atoms with van der Waals surface area (Å²) in [6.07, 6.45) is -3.54. The van der Waals surface area contributed by atoms with Crippen LogP contribution in [0.3, 0.4) is 0 Å². The van der Waals surface area contributed by atoms with Crippen LogP contribution in [0.5, 0.6) is 0 Å². The lowest BCUT2D eigenvalue weighted by Gasteiger charge is -2.25. The van der Waals surface area contributed by atoms with E-state index in [0.29, 0.717) is 24.1 Å². The molecule has 1 aromatic heterocycles. The maximum absolute atomic E-state index is 12.7. The van der Waals surface area contributed by atoms with E-state index in [1.807, 2.05) is 39.2 Å². The molecule has 5 nitrogen and oxygen atoms in total. The third-order valence-corrected chi connectivity index (χ3v) is 4.94. The highest BCUT2D eigenvalue weighted by atomic mass is 32.1. The number of aliphatic imine (C=N–C) groups is 1. The number of hydrogen-bond acceptors (Lipinski definition) is 4. The maximum atomic E-state index is 12.7. The highest BCUT2D eigenvalue weighted by molar-refractivity contribution is 7.09. The molecule has 1 unspecified atom stereocenters. The van der Waals surface area contributed by atoms with Gasteiger partial charge in [0.1, 0.15) is 5.01 Å². The number of nitrogens with zero attached hydrogens (tertiary/aromatic N) is 3. The third kappa shape index (κ3) is 7.12. The Labute approximate surface area is 167 Å². The molecule has 1 atom stereocenters. The van der Waals surface area contributed by atoms with E-state index in [9.17, 15) is 13.2 Å². The Kier molecular flexibility index (Phi) is 8.25. The predicted molar refractivity (Wildman–Crippen MR) is 108 cm³/mol. The summed E-state index contributed by atoms with van der Waals surface area (Å²) >= 11 is 0.966. The number of alkyl halides is 3. The van der Waals surface area contributed by atoms with Gasteiger partial charge in [0, 0.05) is 24.5 Å². The summed E-state index contributed by atoms with van der Waals surface area (Å²) in [6.45, 7) is 3.35. The molecule has 0 radical (unpaired) electrons. The topological polar surface area (TPSA) is 52.6 Å². The van der Waals surface area contributed by atoms with Crippen molar-refractivity contribution in [2.45, 2.75) is 32.1 Å². The number of thiazole rings is 1. The molecule has 0 spiro atoms. The van der Waals surface area contributed by atoms with E-state index in [2.05, 4.69) is 37.6 Å². The van der Waals surface area contributed by atoms with Gasteiger partial charge in [0.15, 0.2) is 11.7 Å². The van der Waals surface area contributed by atoms with Crippen LogP contribution < -0.4 is 10.6 Å². The van der Waals surface area contributed by atoms with Crippen molar-refractivity contribution in [2.75, 3.05) is 27.2 Å². The zero-order valence-corrected chi connectivity index (χ0v) is 17.1. The van der Waals surface area contributed by atoms with Crippen molar-refractivity contribution in [2.24, 2.45) is 4.99 Å². The third-order valence-electron chi connectivity index (χ3n) is 4.11. The summed E-state index contributed by atoms with van der Waals surface area (Å²) < 4.78 is 38.0. The molecule has 0 fully saturated rings. The van der Waals surface area contributed by atoms with Gasteiger partial charge in [-0.3, -0.25) is 0 Å². The molecule has 9 heteroatoms. The molecule has 2 rings (SSSR count). The minimum Gasteiger partial charge on any atom is -0.357 e. The number of aromatic nitrogens is 1. The van der Waals surface area contributed by atoms with Crippen molar-refractivity contribution >= 4 is 17.3 Å². The Bertz CT molecular complexity index is 744. The fraction of sp³-hybridized carbons (Fsp3) is 0.474. The van der Waals surface area contributed by atoms with Gasteiger partial charge >= 0.3 is 6.18 Å². The van der Waals surface area contributed by atoms with Crippen LogP contribution in [0.2, 0.25) is 0 Å². The zero-order chi connectivity index (χ0) is 20.6. The molecular formula is C19H26F3N5S. The van der Waals surface area contributed by atoms with Crippen LogP contribution in [0.25, 0.3) is 0 Å². The van der Waals surface area contributed by atoms with Crippen molar-refractivity contribution in [3.8, 4) is 0 Å². The molecule has 154 valence electrons. The van der Waals surface area contributed by atoms with Gasteiger partial charge in [0.2, 0.25) is 0 Å². The van der Waals surface area contributed by atoms with Gasteiger partial charge in [-0.2, -0.15) is 13.2 Å². The number of nitrogens with one attached hydrogen (secondary N) is 2. The second kappa shape index (κ2) is 10.4. The number of hydrogen-bond donors (Lipinski definition) is 2. The van der Waals surface area contributed by atoms with E-state index in [1.54, 1.807) is 0 Å². The second-order valence-corrected chi connectivity index (χ2v) is 7.45. The number of rotatable bonds is 8. The molecule has 28 heavy (non-hydrogen) atoms. The van der Waals surface area contributed by atoms with E-state index in [0.717, 1.165) is 23.1 Å². The number of guanidine groups is 1. The summed E-state index contributed by atoms with van der Waals surface area (Å²) in [5, 5.41) is 7.76. The Morgan fingerprint density at radius 2 is 1.93 bits per heavy atom. The first-order chi connectivity index (χ1) is 13.3. The molecular weight excluding hydrogens is 387 g/mol. The highest BCUT2D eigenvalue weighted by Crippen LogP contribution is 2.30. The van der Waals surface area contributed by atoms with Crippen LogP contribution in [0.4, 0.5) is 13.2 Å². The van der Waals surface area contributed by atoms with Crippen LogP contribution in [-0.2, 0) is 19.1 Å². The molecule has 0 saturated carbocycles. The van der Waals surface area contributed by atoms with E-state index < -0.39 is 11.9 Å². The summed E-state index contributed by atoms with van der Waals surface area (Å²) in [4.78, 5) is 10.1. The Balaban J connectivity index is 1.98. The molecule has 0 bridgehead atoms. The van der Waals surface area contributed by atoms with Gasteiger partial charge in [0.05, 0.1) is 6.54 Å². The van der Waals surface area contributed by atoms with Gasteiger partial charge < -0.3 is 15.5 Å².